The molecule has 0 bridgehead atoms. The van der Waals surface area contributed by atoms with Gasteiger partial charge in [-0.15, -0.1) is 0 Å². The largest absolute Gasteiger partial charge is 0.486 e. The number of nitrogen functional groups attached to an aromatic ring is 1. The van der Waals surface area contributed by atoms with E-state index in [1.165, 1.54) is 0 Å². The van der Waals surface area contributed by atoms with Crippen molar-refractivity contribution in [2.24, 2.45) is 5.41 Å². The summed E-state index contributed by atoms with van der Waals surface area (Å²) in [5, 5.41) is 0. The third kappa shape index (κ3) is 4.03. The lowest BCUT2D eigenvalue weighted by Gasteiger charge is -2.21. The second-order valence-corrected chi connectivity index (χ2v) is 6.06. The summed E-state index contributed by atoms with van der Waals surface area (Å²) >= 11 is 0. The van der Waals surface area contributed by atoms with E-state index >= 15 is 0 Å². The van der Waals surface area contributed by atoms with Crippen LogP contribution in [0.25, 0.3) is 0 Å². The van der Waals surface area contributed by atoms with Crippen molar-refractivity contribution in [3.63, 3.8) is 0 Å². The van der Waals surface area contributed by atoms with E-state index in [-0.39, 0.29) is 0 Å². The molecule has 0 atom stereocenters. The Morgan fingerprint density at radius 2 is 1.79 bits per heavy atom. The zero-order chi connectivity index (χ0) is 13.9. The van der Waals surface area contributed by atoms with E-state index in [4.69, 9.17) is 19.9 Å². The molecule has 1 aliphatic heterocycles. The van der Waals surface area contributed by atoms with Crippen LogP contribution in [0.3, 0.4) is 0 Å². The topological polar surface area (TPSA) is 53.7 Å². The van der Waals surface area contributed by atoms with Gasteiger partial charge in [-0.1, -0.05) is 20.8 Å². The van der Waals surface area contributed by atoms with Crippen LogP contribution in [0.1, 0.15) is 32.8 Å². The molecule has 0 saturated heterocycles. The van der Waals surface area contributed by atoms with Crippen LogP contribution >= 0.6 is 0 Å². The minimum atomic E-state index is 0.290. The third-order valence-electron chi connectivity index (χ3n) is 3.06. The number of benzene rings is 1. The van der Waals surface area contributed by atoms with Crippen LogP contribution in [0.5, 0.6) is 11.5 Å². The highest BCUT2D eigenvalue weighted by atomic mass is 16.6. The van der Waals surface area contributed by atoms with Gasteiger partial charge in [-0.05, 0) is 17.9 Å². The zero-order valence-corrected chi connectivity index (χ0v) is 12.0. The second kappa shape index (κ2) is 5.70. The zero-order valence-electron chi connectivity index (χ0n) is 12.0. The molecule has 19 heavy (non-hydrogen) atoms. The van der Waals surface area contributed by atoms with Crippen molar-refractivity contribution in [1.29, 1.82) is 0 Å². The lowest BCUT2D eigenvalue weighted by Crippen LogP contribution is -2.16. The quantitative estimate of drug-likeness (QED) is 0.671. The average molecular weight is 265 g/mol. The highest BCUT2D eigenvalue weighted by molar-refractivity contribution is 5.58. The maximum absolute atomic E-state index is 6.00. The monoisotopic (exact) mass is 265 g/mol. The van der Waals surface area contributed by atoms with Gasteiger partial charge in [-0.25, -0.2) is 0 Å². The minimum absolute atomic E-state index is 0.290. The summed E-state index contributed by atoms with van der Waals surface area (Å²) in [7, 11) is 0. The summed E-state index contributed by atoms with van der Waals surface area (Å²) in [5.41, 5.74) is 7.94. The van der Waals surface area contributed by atoms with E-state index < -0.39 is 0 Å². The van der Waals surface area contributed by atoms with Gasteiger partial charge in [-0.2, -0.15) is 0 Å². The number of rotatable bonds is 4. The van der Waals surface area contributed by atoms with Gasteiger partial charge < -0.3 is 19.9 Å². The number of hydrogen-bond acceptors (Lipinski definition) is 4. The van der Waals surface area contributed by atoms with Gasteiger partial charge in [0.25, 0.3) is 0 Å². The first kappa shape index (κ1) is 14.0. The molecule has 1 aromatic rings. The van der Waals surface area contributed by atoms with Crippen molar-refractivity contribution in [3.8, 4) is 11.5 Å². The van der Waals surface area contributed by atoms with Gasteiger partial charge in [0.2, 0.25) is 0 Å². The first-order chi connectivity index (χ1) is 8.96. The van der Waals surface area contributed by atoms with E-state index in [0.29, 0.717) is 30.9 Å². The maximum Gasteiger partial charge on any atom is 0.163 e. The lowest BCUT2D eigenvalue weighted by atomic mass is 9.93. The molecule has 0 fully saturated rings. The summed E-state index contributed by atoms with van der Waals surface area (Å²) < 4.78 is 16.7. The summed E-state index contributed by atoms with van der Waals surface area (Å²) in [6.45, 7) is 9.02. The summed E-state index contributed by atoms with van der Waals surface area (Å²) in [6, 6.07) is 3.73. The molecule has 2 rings (SSSR count). The Kier molecular flexibility index (Phi) is 4.20. The number of nitrogens with two attached hydrogens (primary N) is 1. The number of fused-ring (bicyclic) bond motifs is 1. The average Bonchev–Trinajstić information content (AvgIpc) is 2.33. The molecule has 1 heterocycles. The van der Waals surface area contributed by atoms with Gasteiger partial charge in [0.1, 0.15) is 13.2 Å². The van der Waals surface area contributed by atoms with Crippen LogP contribution in [0.15, 0.2) is 12.1 Å². The van der Waals surface area contributed by atoms with Crippen LogP contribution < -0.4 is 15.2 Å². The standard InChI is InChI=1S/C15H23NO3/c1-15(2,3)4-5-17-10-11-8-13-14(9-12(11)16)19-7-6-18-13/h8-9H,4-7,10,16H2,1-3H3. The highest BCUT2D eigenvalue weighted by Gasteiger charge is 2.15. The normalized spacial score (nSPS) is 14.5. The minimum Gasteiger partial charge on any atom is -0.486 e. The van der Waals surface area contributed by atoms with E-state index in [0.717, 1.165) is 30.1 Å². The lowest BCUT2D eigenvalue weighted by molar-refractivity contribution is 0.0960. The van der Waals surface area contributed by atoms with Crippen molar-refractivity contribution in [3.05, 3.63) is 17.7 Å². The predicted octanol–water partition coefficient (Wildman–Crippen LogP) is 2.99. The molecule has 1 aliphatic rings. The van der Waals surface area contributed by atoms with Crippen molar-refractivity contribution in [1.82, 2.24) is 0 Å². The van der Waals surface area contributed by atoms with Crippen LogP contribution in [-0.2, 0) is 11.3 Å². The van der Waals surface area contributed by atoms with Crippen LogP contribution in [0, 0.1) is 5.41 Å². The Morgan fingerprint density at radius 1 is 1.16 bits per heavy atom. The molecule has 0 aromatic heterocycles. The fourth-order valence-electron chi connectivity index (χ4n) is 1.83. The van der Waals surface area contributed by atoms with Crippen molar-refractivity contribution < 1.29 is 14.2 Å². The third-order valence-corrected chi connectivity index (χ3v) is 3.06. The van der Waals surface area contributed by atoms with E-state index in [1.807, 2.05) is 12.1 Å². The number of ether oxygens (including phenoxy) is 3. The Hall–Kier alpha value is -1.42. The summed E-state index contributed by atoms with van der Waals surface area (Å²) in [6.07, 6.45) is 1.03. The van der Waals surface area contributed by atoms with Crippen molar-refractivity contribution in [2.45, 2.75) is 33.8 Å². The molecule has 0 amide bonds. The van der Waals surface area contributed by atoms with Crippen molar-refractivity contribution in [2.75, 3.05) is 25.6 Å². The smallest absolute Gasteiger partial charge is 0.163 e. The molecule has 0 saturated carbocycles. The first-order valence-electron chi connectivity index (χ1n) is 6.71. The van der Waals surface area contributed by atoms with Crippen LogP contribution in [-0.4, -0.2) is 19.8 Å². The van der Waals surface area contributed by atoms with Gasteiger partial charge in [0.15, 0.2) is 11.5 Å². The molecule has 0 radical (unpaired) electrons. The number of hydrogen-bond donors (Lipinski definition) is 1. The van der Waals surface area contributed by atoms with E-state index in [1.54, 1.807) is 0 Å². The van der Waals surface area contributed by atoms with E-state index in [2.05, 4.69) is 20.8 Å². The van der Waals surface area contributed by atoms with E-state index in [9.17, 15) is 0 Å². The van der Waals surface area contributed by atoms with Crippen LogP contribution in [0.2, 0.25) is 0 Å². The SMILES string of the molecule is CC(C)(C)CCOCc1cc2c(cc1N)OCCO2. The molecule has 0 spiro atoms. The second-order valence-electron chi connectivity index (χ2n) is 6.06. The summed E-state index contributed by atoms with van der Waals surface area (Å²) in [5.74, 6) is 1.48. The summed E-state index contributed by atoms with van der Waals surface area (Å²) in [4.78, 5) is 0. The molecule has 106 valence electrons. The van der Waals surface area contributed by atoms with Gasteiger partial charge in [-0.3, -0.25) is 0 Å². The predicted molar refractivity (Wildman–Crippen MR) is 75.6 cm³/mol. The molecule has 4 heteroatoms. The Bertz CT molecular complexity index is 438. The molecule has 4 nitrogen and oxygen atoms in total. The van der Waals surface area contributed by atoms with Crippen molar-refractivity contribution >= 4 is 5.69 Å². The Balaban J connectivity index is 1.93. The van der Waals surface area contributed by atoms with Gasteiger partial charge >= 0.3 is 0 Å². The fourth-order valence-corrected chi connectivity index (χ4v) is 1.83. The van der Waals surface area contributed by atoms with Crippen LogP contribution in [0.4, 0.5) is 5.69 Å². The Labute approximate surface area is 114 Å². The molecular weight excluding hydrogens is 242 g/mol. The maximum atomic E-state index is 6.00. The number of anilines is 1. The Morgan fingerprint density at radius 3 is 2.42 bits per heavy atom. The van der Waals surface area contributed by atoms with Gasteiger partial charge in [0.05, 0.1) is 6.61 Å². The fraction of sp³-hybridized carbons (Fsp3) is 0.600. The highest BCUT2D eigenvalue weighted by Crippen LogP contribution is 2.34. The first-order valence-corrected chi connectivity index (χ1v) is 6.71. The van der Waals surface area contributed by atoms with Gasteiger partial charge in [0, 0.05) is 23.9 Å². The molecule has 1 aromatic carbocycles. The molecule has 2 N–H and O–H groups in total. The molecule has 0 aliphatic carbocycles. The molecular formula is C15H23NO3. The molecule has 0 unspecified atom stereocenters.